The van der Waals surface area contributed by atoms with Gasteiger partial charge < -0.3 is 15.4 Å². The number of carbonyl (C=O) groups excluding carboxylic acids is 3. The Bertz CT molecular complexity index is 1120. The number of Topliss-reactive ketones (excluding diaryl/α,β-unsaturated/α-hetero) is 1. The molecular formula is C25H33N3O6S. The van der Waals surface area contributed by atoms with Gasteiger partial charge in [-0.2, -0.15) is 4.72 Å². The molecule has 1 heterocycles. The Morgan fingerprint density at radius 3 is 2.49 bits per heavy atom. The van der Waals surface area contributed by atoms with Crippen molar-refractivity contribution >= 4 is 27.7 Å². The van der Waals surface area contributed by atoms with Crippen LogP contribution in [0.5, 0.6) is 0 Å². The van der Waals surface area contributed by atoms with Gasteiger partial charge in [-0.25, -0.2) is 8.42 Å². The fourth-order valence-electron chi connectivity index (χ4n) is 4.42. The monoisotopic (exact) mass is 503 g/mol. The molecule has 1 unspecified atom stereocenters. The first-order valence-corrected chi connectivity index (χ1v) is 13.2. The van der Waals surface area contributed by atoms with E-state index in [1.165, 1.54) is 19.1 Å². The summed E-state index contributed by atoms with van der Waals surface area (Å²) in [5.74, 6) is -1.11. The number of hydrogen-bond acceptors (Lipinski definition) is 7. The summed E-state index contributed by atoms with van der Waals surface area (Å²) < 4.78 is 33.9. The lowest BCUT2D eigenvalue weighted by Crippen LogP contribution is -2.50. The zero-order valence-electron chi connectivity index (χ0n) is 20.3. The zero-order chi connectivity index (χ0) is 25.6. The van der Waals surface area contributed by atoms with Crippen LogP contribution in [0.4, 0.5) is 0 Å². The number of amides is 1. The van der Waals surface area contributed by atoms with Crippen molar-refractivity contribution in [3.63, 3.8) is 0 Å². The molecule has 1 fully saturated rings. The molecule has 190 valence electrons. The van der Waals surface area contributed by atoms with Gasteiger partial charge in [0.15, 0.2) is 5.78 Å². The molecule has 2 aliphatic rings. The van der Waals surface area contributed by atoms with Gasteiger partial charge in [0.05, 0.1) is 23.0 Å². The van der Waals surface area contributed by atoms with E-state index in [0.717, 1.165) is 12.0 Å². The number of rotatable bonds is 10. The summed E-state index contributed by atoms with van der Waals surface area (Å²) in [5, 5.41) is 5.89. The Morgan fingerprint density at radius 2 is 1.94 bits per heavy atom. The first-order valence-electron chi connectivity index (χ1n) is 11.8. The molecule has 0 bridgehead atoms. The van der Waals surface area contributed by atoms with E-state index in [-0.39, 0.29) is 36.0 Å². The first kappa shape index (κ1) is 26.8. The fraction of sp³-hybridized carbons (Fsp3) is 0.480. The molecule has 1 aliphatic heterocycles. The largest absolute Gasteiger partial charge is 0.465 e. The molecule has 0 radical (unpaired) electrons. The van der Waals surface area contributed by atoms with Gasteiger partial charge in [-0.05, 0) is 64.3 Å². The van der Waals surface area contributed by atoms with Crippen LogP contribution in [0.3, 0.4) is 0 Å². The van der Waals surface area contributed by atoms with Crippen LogP contribution in [0.2, 0.25) is 0 Å². The number of hydrogen-bond donors (Lipinski definition) is 3. The Morgan fingerprint density at radius 1 is 1.23 bits per heavy atom. The van der Waals surface area contributed by atoms with Crippen molar-refractivity contribution < 1.29 is 27.5 Å². The summed E-state index contributed by atoms with van der Waals surface area (Å²) in [5.41, 5.74) is 0.291. The van der Waals surface area contributed by atoms with Crippen molar-refractivity contribution in [1.82, 2.24) is 15.4 Å². The van der Waals surface area contributed by atoms with Gasteiger partial charge in [0.25, 0.3) is 0 Å². The number of nitrogens with one attached hydrogen (secondary N) is 3. The minimum atomic E-state index is -4.06. The molecule has 1 aromatic rings. The Hall–Kier alpha value is -2.82. The molecular weight excluding hydrogens is 470 g/mol. The molecule has 3 rings (SSSR count). The molecule has 9 nitrogen and oxygen atoms in total. The summed E-state index contributed by atoms with van der Waals surface area (Å²) in [6.45, 7) is 5.64. The lowest BCUT2D eigenvalue weighted by molar-refractivity contribution is -0.146. The average molecular weight is 504 g/mol. The molecule has 0 aromatic heterocycles. The third-order valence-electron chi connectivity index (χ3n) is 6.22. The van der Waals surface area contributed by atoms with E-state index in [4.69, 9.17) is 4.74 Å². The van der Waals surface area contributed by atoms with Crippen LogP contribution in [0.15, 0.2) is 53.1 Å². The van der Waals surface area contributed by atoms with E-state index in [9.17, 15) is 22.8 Å². The standard InChI is InChI=1S/C25H33N3O6S/c1-4-34-24(31)22(28-35(32,33)20-9-7-17(2)8-10-20)16-25(23(30)21-6-5-15-26-21)13-11-19(12-14-25)27-18(3)29/h7-13,21-22,26,28H,4-6,14-16H2,1-3H3,(H,27,29)/t21-,22-,25?/m0/s1. The summed E-state index contributed by atoms with van der Waals surface area (Å²) in [4.78, 5) is 38.1. The molecule has 10 heteroatoms. The van der Waals surface area contributed by atoms with Gasteiger partial charge in [0.2, 0.25) is 15.9 Å². The predicted octanol–water partition coefficient (Wildman–Crippen LogP) is 1.88. The van der Waals surface area contributed by atoms with Crippen molar-refractivity contribution in [2.24, 2.45) is 5.41 Å². The second-order valence-corrected chi connectivity index (χ2v) is 10.7. The minimum absolute atomic E-state index is 0.0160. The van der Waals surface area contributed by atoms with E-state index in [1.54, 1.807) is 37.3 Å². The third kappa shape index (κ3) is 6.65. The summed E-state index contributed by atoms with van der Waals surface area (Å²) >= 11 is 0. The van der Waals surface area contributed by atoms with Crippen LogP contribution in [0.1, 0.15) is 45.1 Å². The highest BCUT2D eigenvalue weighted by atomic mass is 32.2. The maximum absolute atomic E-state index is 13.7. The van der Waals surface area contributed by atoms with E-state index in [1.807, 2.05) is 6.92 Å². The number of esters is 1. The molecule has 1 saturated heterocycles. The average Bonchev–Trinajstić information content (AvgIpc) is 3.34. The van der Waals surface area contributed by atoms with Gasteiger partial charge in [0.1, 0.15) is 6.04 Å². The topological polar surface area (TPSA) is 131 Å². The van der Waals surface area contributed by atoms with Gasteiger partial charge >= 0.3 is 5.97 Å². The second kappa shape index (κ2) is 11.3. The van der Waals surface area contributed by atoms with Gasteiger partial charge in [-0.3, -0.25) is 14.4 Å². The van der Waals surface area contributed by atoms with E-state index in [2.05, 4.69) is 15.4 Å². The van der Waals surface area contributed by atoms with Crippen molar-refractivity contribution in [1.29, 1.82) is 0 Å². The smallest absolute Gasteiger partial charge is 0.324 e. The molecule has 1 aromatic carbocycles. The number of ether oxygens (including phenoxy) is 1. The summed E-state index contributed by atoms with van der Waals surface area (Å²) in [6.07, 6.45) is 6.64. The van der Waals surface area contributed by atoms with Crippen molar-refractivity contribution in [3.05, 3.63) is 53.8 Å². The van der Waals surface area contributed by atoms with Crippen LogP contribution in [0, 0.1) is 12.3 Å². The van der Waals surface area contributed by atoms with Crippen LogP contribution >= 0.6 is 0 Å². The Balaban J connectivity index is 1.94. The molecule has 3 N–H and O–H groups in total. The SMILES string of the molecule is CCOC(=O)[C@H](CC1(C(=O)[C@@H]2CCCN2)C=CC(NC(C)=O)=CC1)NS(=O)(=O)c1ccc(C)cc1. The maximum atomic E-state index is 13.7. The minimum Gasteiger partial charge on any atom is -0.465 e. The molecule has 35 heavy (non-hydrogen) atoms. The second-order valence-electron chi connectivity index (χ2n) is 8.99. The number of ketones is 1. The molecule has 3 atom stereocenters. The normalized spacial score (nSPS) is 22.8. The molecule has 1 amide bonds. The lowest BCUT2D eigenvalue weighted by Gasteiger charge is -2.35. The number of allylic oxidation sites excluding steroid dienone is 3. The highest BCUT2D eigenvalue weighted by Crippen LogP contribution is 2.38. The van der Waals surface area contributed by atoms with Crippen LogP contribution in [-0.4, -0.2) is 51.3 Å². The van der Waals surface area contributed by atoms with Crippen molar-refractivity contribution in [3.8, 4) is 0 Å². The van der Waals surface area contributed by atoms with Crippen LogP contribution in [-0.2, 0) is 29.1 Å². The number of aryl methyl sites for hydroxylation is 1. The highest BCUT2D eigenvalue weighted by molar-refractivity contribution is 7.89. The molecule has 0 spiro atoms. The number of carbonyl (C=O) groups is 3. The summed E-state index contributed by atoms with van der Waals surface area (Å²) in [7, 11) is -4.06. The van der Waals surface area contributed by atoms with Crippen molar-refractivity contribution in [2.45, 2.75) is 63.4 Å². The van der Waals surface area contributed by atoms with Crippen LogP contribution in [0.25, 0.3) is 0 Å². The van der Waals surface area contributed by atoms with Crippen molar-refractivity contribution in [2.75, 3.05) is 13.2 Å². The highest BCUT2D eigenvalue weighted by Gasteiger charge is 2.45. The third-order valence-corrected chi connectivity index (χ3v) is 7.71. The van der Waals surface area contributed by atoms with Gasteiger partial charge in [0, 0.05) is 12.6 Å². The molecule has 1 aliphatic carbocycles. The first-order chi connectivity index (χ1) is 16.6. The zero-order valence-corrected chi connectivity index (χ0v) is 21.1. The van der Waals surface area contributed by atoms with E-state index < -0.39 is 33.5 Å². The maximum Gasteiger partial charge on any atom is 0.324 e. The Kier molecular flexibility index (Phi) is 8.63. The predicted molar refractivity (Wildman–Crippen MR) is 131 cm³/mol. The molecule has 0 saturated carbocycles. The van der Waals surface area contributed by atoms with Gasteiger partial charge in [-0.1, -0.05) is 29.8 Å². The number of sulfonamides is 1. The quantitative estimate of drug-likeness (QED) is 0.416. The number of benzene rings is 1. The summed E-state index contributed by atoms with van der Waals surface area (Å²) in [6, 6.07) is 4.59. The Labute approximate surface area is 206 Å². The van der Waals surface area contributed by atoms with E-state index >= 15 is 0 Å². The van der Waals surface area contributed by atoms with Gasteiger partial charge in [-0.15, -0.1) is 0 Å². The lowest BCUT2D eigenvalue weighted by atomic mass is 9.70. The van der Waals surface area contributed by atoms with Crippen LogP contribution < -0.4 is 15.4 Å². The fourth-order valence-corrected chi connectivity index (χ4v) is 5.60. The van der Waals surface area contributed by atoms with E-state index in [0.29, 0.717) is 18.7 Å².